The van der Waals surface area contributed by atoms with E-state index in [-0.39, 0.29) is 5.82 Å². The van der Waals surface area contributed by atoms with Crippen LogP contribution in [0.3, 0.4) is 0 Å². The van der Waals surface area contributed by atoms with Crippen molar-refractivity contribution in [2.24, 2.45) is 5.73 Å². The van der Waals surface area contributed by atoms with Crippen molar-refractivity contribution in [1.82, 2.24) is 4.98 Å². The molecule has 0 bridgehead atoms. The van der Waals surface area contributed by atoms with Crippen molar-refractivity contribution in [3.63, 3.8) is 0 Å². The number of rotatable bonds is 6. The van der Waals surface area contributed by atoms with Crippen molar-refractivity contribution in [3.05, 3.63) is 70.9 Å². The highest BCUT2D eigenvalue weighted by atomic mass is 32.1. The monoisotopic (exact) mass is 341 g/mol. The van der Waals surface area contributed by atoms with Gasteiger partial charge in [0.1, 0.15) is 5.82 Å². The molecule has 3 aromatic rings. The average molecular weight is 341 g/mol. The molecule has 4 nitrogen and oxygen atoms in total. The highest BCUT2D eigenvalue weighted by Crippen LogP contribution is 2.25. The molecule has 0 aliphatic heterocycles. The fourth-order valence-corrected chi connectivity index (χ4v) is 3.05. The number of anilines is 1. The van der Waals surface area contributed by atoms with Crippen LogP contribution < -0.4 is 11.1 Å². The summed E-state index contributed by atoms with van der Waals surface area (Å²) >= 11 is 1.50. The lowest BCUT2D eigenvalue weighted by molar-refractivity contribution is 0.1000. The number of carbonyl (C=O) groups excluding carboxylic acids is 1. The lowest BCUT2D eigenvalue weighted by Gasteiger charge is -2.04. The van der Waals surface area contributed by atoms with Crippen molar-refractivity contribution in [2.75, 3.05) is 11.9 Å². The van der Waals surface area contributed by atoms with Gasteiger partial charge in [-0.05, 0) is 48.4 Å². The molecule has 3 N–H and O–H groups in total. The third-order valence-corrected chi connectivity index (χ3v) is 4.35. The van der Waals surface area contributed by atoms with Crippen molar-refractivity contribution in [3.8, 4) is 11.3 Å². The van der Waals surface area contributed by atoms with Gasteiger partial charge >= 0.3 is 0 Å². The number of nitrogens with two attached hydrogens (primary N) is 1. The first-order chi connectivity index (χ1) is 11.6. The van der Waals surface area contributed by atoms with Gasteiger partial charge in [-0.1, -0.05) is 12.1 Å². The molecule has 0 aliphatic rings. The van der Waals surface area contributed by atoms with Gasteiger partial charge in [-0.3, -0.25) is 4.79 Å². The number of halogens is 1. The standard InChI is InChI=1S/C18H16FN3OS/c19-15-6-4-13(5-7-15)16-11-24-18(22-16)21-9-8-12-2-1-3-14(10-12)17(20)23/h1-7,10-11H,8-9H2,(H2,20,23)(H,21,22). The van der Waals surface area contributed by atoms with E-state index in [2.05, 4.69) is 10.3 Å². The van der Waals surface area contributed by atoms with Crippen LogP contribution in [-0.4, -0.2) is 17.4 Å². The number of carbonyl (C=O) groups is 1. The van der Waals surface area contributed by atoms with Crippen molar-refractivity contribution < 1.29 is 9.18 Å². The first-order valence-electron chi connectivity index (χ1n) is 7.46. The number of amides is 1. The maximum absolute atomic E-state index is 13.0. The molecule has 6 heteroatoms. The maximum Gasteiger partial charge on any atom is 0.248 e. The van der Waals surface area contributed by atoms with Gasteiger partial charge in [0.2, 0.25) is 5.91 Å². The topological polar surface area (TPSA) is 68.0 Å². The van der Waals surface area contributed by atoms with E-state index < -0.39 is 5.91 Å². The SMILES string of the molecule is NC(=O)c1cccc(CCNc2nc(-c3ccc(F)cc3)cs2)c1. The second-order valence-electron chi connectivity index (χ2n) is 5.29. The third-order valence-electron chi connectivity index (χ3n) is 3.55. The number of hydrogen-bond donors (Lipinski definition) is 2. The maximum atomic E-state index is 13.0. The van der Waals surface area contributed by atoms with Gasteiger partial charge in [-0.25, -0.2) is 9.37 Å². The van der Waals surface area contributed by atoms with Crippen LogP contribution in [0.1, 0.15) is 15.9 Å². The summed E-state index contributed by atoms with van der Waals surface area (Å²) in [5.74, 6) is -0.681. The second-order valence-corrected chi connectivity index (χ2v) is 6.14. The fourth-order valence-electron chi connectivity index (χ4n) is 2.30. The number of primary amides is 1. The van der Waals surface area contributed by atoms with E-state index >= 15 is 0 Å². The summed E-state index contributed by atoms with van der Waals surface area (Å²) in [6, 6.07) is 13.6. The number of nitrogens with zero attached hydrogens (tertiary/aromatic N) is 1. The molecular formula is C18H16FN3OS. The minimum absolute atomic E-state index is 0.259. The first-order valence-corrected chi connectivity index (χ1v) is 8.34. The van der Waals surface area contributed by atoms with Crippen molar-refractivity contribution >= 4 is 22.4 Å². The van der Waals surface area contributed by atoms with E-state index in [1.165, 1.54) is 23.5 Å². The lowest BCUT2D eigenvalue weighted by Crippen LogP contribution is -2.11. The van der Waals surface area contributed by atoms with Crippen LogP contribution in [0.15, 0.2) is 53.9 Å². The smallest absolute Gasteiger partial charge is 0.248 e. The van der Waals surface area contributed by atoms with Gasteiger partial charge in [-0.15, -0.1) is 11.3 Å². The molecule has 0 atom stereocenters. The summed E-state index contributed by atoms with van der Waals surface area (Å²) < 4.78 is 13.0. The molecule has 0 radical (unpaired) electrons. The zero-order chi connectivity index (χ0) is 16.9. The van der Waals surface area contributed by atoms with Gasteiger partial charge in [0, 0.05) is 23.1 Å². The quantitative estimate of drug-likeness (QED) is 0.718. The molecule has 0 spiro atoms. The van der Waals surface area contributed by atoms with E-state index in [1.807, 2.05) is 17.5 Å². The molecule has 122 valence electrons. The van der Waals surface area contributed by atoms with Crippen LogP contribution in [0.4, 0.5) is 9.52 Å². The molecule has 24 heavy (non-hydrogen) atoms. The second kappa shape index (κ2) is 7.23. The van der Waals surface area contributed by atoms with E-state index in [4.69, 9.17) is 5.73 Å². The highest BCUT2D eigenvalue weighted by Gasteiger charge is 2.05. The zero-order valence-electron chi connectivity index (χ0n) is 12.8. The van der Waals surface area contributed by atoms with Crippen LogP contribution in [0.2, 0.25) is 0 Å². The Morgan fingerprint density at radius 2 is 2.00 bits per heavy atom. The molecule has 2 aromatic carbocycles. The van der Waals surface area contributed by atoms with Crippen LogP contribution >= 0.6 is 11.3 Å². The number of thiazole rings is 1. The molecule has 0 aliphatic carbocycles. The Morgan fingerprint density at radius 1 is 1.21 bits per heavy atom. The summed E-state index contributed by atoms with van der Waals surface area (Å²) in [5, 5.41) is 6.00. The highest BCUT2D eigenvalue weighted by molar-refractivity contribution is 7.14. The number of benzene rings is 2. The molecule has 1 heterocycles. The molecule has 3 rings (SSSR count). The van der Waals surface area contributed by atoms with E-state index in [9.17, 15) is 9.18 Å². The molecular weight excluding hydrogens is 325 g/mol. The van der Waals surface area contributed by atoms with Crippen molar-refractivity contribution in [1.29, 1.82) is 0 Å². The van der Waals surface area contributed by atoms with Gasteiger partial charge in [0.25, 0.3) is 0 Å². The molecule has 1 amide bonds. The van der Waals surface area contributed by atoms with Crippen molar-refractivity contribution in [2.45, 2.75) is 6.42 Å². The summed E-state index contributed by atoms with van der Waals surface area (Å²) in [6.45, 7) is 0.693. The Bertz CT molecular complexity index is 845. The number of aromatic nitrogens is 1. The Balaban J connectivity index is 1.59. The summed E-state index contributed by atoms with van der Waals surface area (Å²) in [5.41, 5.74) is 8.54. The Labute approximate surface area is 143 Å². The molecule has 0 saturated carbocycles. The lowest BCUT2D eigenvalue weighted by atomic mass is 10.1. The minimum atomic E-state index is -0.423. The van der Waals surface area contributed by atoms with E-state index in [0.717, 1.165) is 28.4 Å². The van der Waals surface area contributed by atoms with Gasteiger partial charge in [0.15, 0.2) is 5.13 Å². The molecule has 0 fully saturated rings. The van der Waals surface area contributed by atoms with Crippen LogP contribution in [-0.2, 0) is 6.42 Å². The predicted octanol–water partition coefficient (Wildman–Crippen LogP) is 3.70. The summed E-state index contributed by atoms with van der Waals surface area (Å²) in [7, 11) is 0. The first kappa shape index (κ1) is 16.1. The summed E-state index contributed by atoms with van der Waals surface area (Å²) in [4.78, 5) is 15.7. The molecule has 0 saturated heterocycles. The fraction of sp³-hybridized carbons (Fsp3) is 0.111. The van der Waals surface area contributed by atoms with E-state index in [1.54, 1.807) is 24.3 Å². The molecule has 0 unspecified atom stereocenters. The zero-order valence-corrected chi connectivity index (χ0v) is 13.6. The predicted molar refractivity (Wildman–Crippen MR) is 94.7 cm³/mol. The van der Waals surface area contributed by atoms with Crippen LogP contribution in [0.25, 0.3) is 11.3 Å². The Kier molecular flexibility index (Phi) is 4.86. The Hall–Kier alpha value is -2.73. The van der Waals surface area contributed by atoms with Gasteiger partial charge in [-0.2, -0.15) is 0 Å². The van der Waals surface area contributed by atoms with Gasteiger partial charge < -0.3 is 11.1 Å². The van der Waals surface area contributed by atoms with E-state index in [0.29, 0.717) is 12.1 Å². The molecule has 1 aromatic heterocycles. The van der Waals surface area contributed by atoms with Crippen LogP contribution in [0, 0.1) is 5.82 Å². The normalized spacial score (nSPS) is 10.5. The Morgan fingerprint density at radius 3 is 2.75 bits per heavy atom. The number of nitrogens with one attached hydrogen (secondary N) is 1. The van der Waals surface area contributed by atoms with Crippen LogP contribution in [0.5, 0.6) is 0 Å². The average Bonchev–Trinajstić information content (AvgIpc) is 3.05. The summed E-state index contributed by atoms with van der Waals surface area (Å²) in [6.07, 6.45) is 0.757. The van der Waals surface area contributed by atoms with Gasteiger partial charge in [0.05, 0.1) is 5.69 Å². The third kappa shape index (κ3) is 3.97. The minimum Gasteiger partial charge on any atom is -0.366 e. The number of hydrogen-bond acceptors (Lipinski definition) is 4. The largest absolute Gasteiger partial charge is 0.366 e.